The van der Waals surface area contributed by atoms with E-state index in [4.69, 9.17) is 11.6 Å². The van der Waals surface area contributed by atoms with E-state index in [9.17, 15) is 4.79 Å². The van der Waals surface area contributed by atoms with Crippen LogP contribution in [0.15, 0.2) is 46.5 Å². The van der Waals surface area contributed by atoms with Crippen molar-refractivity contribution in [1.29, 1.82) is 0 Å². The Balaban J connectivity index is 2.08. The number of nitrogens with one attached hydrogen (secondary N) is 1. The summed E-state index contributed by atoms with van der Waals surface area (Å²) < 4.78 is 0. The van der Waals surface area contributed by atoms with E-state index in [1.165, 1.54) is 18.7 Å². The molecule has 1 aromatic heterocycles. The van der Waals surface area contributed by atoms with Crippen molar-refractivity contribution in [2.45, 2.75) is 16.8 Å². The van der Waals surface area contributed by atoms with Crippen molar-refractivity contribution in [2.75, 3.05) is 5.32 Å². The van der Waals surface area contributed by atoms with Crippen LogP contribution in [-0.2, 0) is 4.79 Å². The quantitative estimate of drug-likeness (QED) is 0.692. The van der Waals surface area contributed by atoms with Crippen LogP contribution in [-0.4, -0.2) is 15.9 Å². The average molecular weight is 280 g/mol. The zero-order valence-electron chi connectivity index (χ0n) is 9.55. The third kappa shape index (κ3) is 3.72. The van der Waals surface area contributed by atoms with E-state index in [1.807, 2.05) is 24.3 Å². The fourth-order valence-corrected chi connectivity index (χ4v) is 2.28. The predicted molar refractivity (Wildman–Crippen MR) is 71.9 cm³/mol. The number of anilines is 1. The molecule has 1 aromatic carbocycles. The van der Waals surface area contributed by atoms with Gasteiger partial charge in [0, 0.05) is 23.7 Å². The van der Waals surface area contributed by atoms with Gasteiger partial charge in [-0.2, -0.15) is 0 Å². The van der Waals surface area contributed by atoms with E-state index in [-0.39, 0.29) is 11.2 Å². The second-order valence-corrected chi connectivity index (χ2v) is 4.90. The van der Waals surface area contributed by atoms with Crippen molar-refractivity contribution in [3.8, 4) is 0 Å². The topological polar surface area (TPSA) is 54.9 Å². The van der Waals surface area contributed by atoms with Gasteiger partial charge in [0.25, 0.3) is 0 Å². The van der Waals surface area contributed by atoms with Crippen LogP contribution < -0.4 is 5.32 Å². The number of aromatic nitrogens is 2. The van der Waals surface area contributed by atoms with Gasteiger partial charge in [-0.15, -0.1) is 0 Å². The largest absolute Gasteiger partial charge is 0.326 e. The zero-order chi connectivity index (χ0) is 13.0. The van der Waals surface area contributed by atoms with Gasteiger partial charge in [-0.1, -0.05) is 11.8 Å². The summed E-state index contributed by atoms with van der Waals surface area (Å²) in [5.41, 5.74) is 0.771. The van der Waals surface area contributed by atoms with Gasteiger partial charge in [-0.05, 0) is 41.9 Å². The maximum absolute atomic E-state index is 10.9. The van der Waals surface area contributed by atoms with E-state index in [0.717, 1.165) is 15.6 Å². The lowest BCUT2D eigenvalue weighted by atomic mass is 10.3. The Bertz CT molecular complexity index is 560. The van der Waals surface area contributed by atoms with Crippen LogP contribution >= 0.6 is 23.4 Å². The van der Waals surface area contributed by atoms with Crippen molar-refractivity contribution in [3.05, 3.63) is 41.8 Å². The monoisotopic (exact) mass is 279 g/mol. The molecule has 18 heavy (non-hydrogen) atoms. The molecule has 1 heterocycles. The first kappa shape index (κ1) is 12.9. The number of halogens is 1. The van der Waals surface area contributed by atoms with E-state index >= 15 is 0 Å². The zero-order valence-corrected chi connectivity index (χ0v) is 11.1. The summed E-state index contributed by atoms with van der Waals surface area (Å²) in [6, 6.07) is 9.29. The highest BCUT2D eigenvalue weighted by atomic mass is 35.5. The van der Waals surface area contributed by atoms with Crippen LogP contribution in [0.4, 0.5) is 5.69 Å². The van der Waals surface area contributed by atoms with Crippen LogP contribution in [0.2, 0.25) is 5.28 Å². The molecule has 0 unspecified atom stereocenters. The molecular formula is C12H10ClN3OS. The molecule has 0 aliphatic carbocycles. The lowest BCUT2D eigenvalue weighted by Crippen LogP contribution is -2.05. The van der Waals surface area contributed by atoms with Gasteiger partial charge < -0.3 is 5.32 Å². The molecule has 1 amide bonds. The highest BCUT2D eigenvalue weighted by Crippen LogP contribution is 2.27. The summed E-state index contributed by atoms with van der Waals surface area (Å²) in [5, 5.41) is 3.72. The maximum atomic E-state index is 10.9. The molecule has 2 aromatic rings. The first-order valence-electron chi connectivity index (χ1n) is 5.17. The number of hydrogen-bond acceptors (Lipinski definition) is 4. The molecule has 0 aliphatic heterocycles. The third-order valence-corrected chi connectivity index (χ3v) is 3.12. The Morgan fingerprint density at radius 2 is 2.00 bits per heavy atom. The third-order valence-electron chi connectivity index (χ3n) is 2.00. The highest BCUT2D eigenvalue weighted by molar-refractivity contribution is 7.99. The Morgan fingerprint density at radius 3 is 2.61 bits per heavy atom. The average Bonchev–Trinajstić information content (AvgIpc) is 2.31. The van der Waals surface area contributed by atoms with Crippen LogP contribution in [0.5, 0.6) is 0 Å². The molecule has 1 N–H and O–H groups in total. The first-order valence-corrected chi connectivity index (χ1v) is 6.37. The number of amides is 1. The minimum absolute atomic E-state index is 0.0852. The van der Waals surface area contributed by atoms with Crippen LogP contribution in [0.3, 0.4) is 0 Å². The molecule has 92 valence electrons. The second kappa shape index (κ2) is 5.84. The number of rotatable bonds is 3. The number of benzene rings is 1. The van der Waals surface area contributed by atoms with E-state index in [0.29, 0.717) is 0 Å². The summed E-state index contributed by atoms with van der Waals surface area (Å²) in [6.45, 7) is 1.48. The minimum Gasteiger partial charge on any atom is -0.326 e. The summed E-state index contributed by atoms with van der Waals surface area (Å²) in [6.07, 6.45) is 1.61. The van der Waals surface area contributed by atoms with Gasteiger partial charge in [-0.3, -0.25) is 4.79 Å². The summed E-state index contributed by atoms with van der Waals surface area (Å²) in [7, 11) is 0. The van der Waals surface area contributed by atoms with Gasteiger partial charge in [0.1, 0.15) is 5.03 Å². The fraction of sp³-hybridized carbons (Fsp3) is 0.0833. The van der Waals surface area contributed by atoms with Gasteiger partial charge in [0.2, 0.25) is 11.2 Å². The Morgan fingerprint density at radius 1 is 1.28 bits per heavy atom. The van der Waals surface area contributed by atoms with Crippen molar-refractivity contribution in [1.82, 2.24) is 9.97 Å². The maximum Gasteiger partial charge on any atom is 0.223 e. The molecule has 2 rings (SSSR count). The smallest absolute Gasteiger partial charge is 0.223 e. The molecule has 0 fully saturated rings. The molecule has 0 radical (unpaired) electrons. The van der Waals surface area contributed by atoms with E-state index in [1.54, 1.807) is 12.3 Å². The SMILES string of the molecule is CC(=O)Nc1ccc(Sc2ccnc(Cl)n2)cc1. The van der Waals surface area contributed by atoms with Crippen molar-refractivity contribution in [3.63, 3.8) is 0 Å². The number of carbonyl (C=O) groups excluding carboxylic acids is 1. The fourth-order valence-electron chi connectivity index (χ4n) is 1.31. The molecule has 0 saturated heterocycles. The number of carbonyl (C=O) groups is 1. The predicted octanol–water partition coefficient (Wildman–Crippen LogP) is 3.24. The van der Waals surface area contributed by atoms with Crippen LogP contribution in [0.1, 0.15) is 6.92 Å². The van der Waals surface area contributed by atoms with Gasteiger partial charge >= 0.3 is 0 Å². The Labute approximate surface area is 114 Å². The van der Waals surface area contributed by atoms with Gasteiger partial charge in [-0.25, -0.2) is 9.97 Å². The number of nitrogens with zero attached hydrogens (tertiary/aromatic N) is 2. The lowest BCUT2D eigenvalue weighted by Gasteiger charge is -2.04. The second-order valence-electron chi connectivity index (χ2n) is 3.47. The minimum atomic E-state index is -0.0852. The van der Waals surface area contributed by atoms with Gasteiger partial charge in [0.05, 0.1) is 0 Å². The summed E-state index contributed by atoms with van der Waals surface area (Å²) >= 11 is 7.19. The molecule has 0 atom stereocenters. The first-order chi connectivity index (χ1) is 8.63. The van der Waals surface area contributed by atoms with E-state index < -0.39 is 0 Å². The molecule has 0 saturated carbocycles. The normalized spacial score (nSPS) is 10.1. The highest BCUT2D eigenvalue weighted by Gasteiger charge is 2.01. The Kier molecular flexibility index (Phi) is 4.17. The van der Waals surface area contributed by atoms with E-state index in [2.05, 4.69) is 15.3 Å². The molecule has 0 spiro atoms. The molecule has 0 aliphatic rings. The molecule has 6 heteroatoms. The van der Waals surface area contributed by atoms with Gasteiger partial charge in [0.15, 0.2) is 0 Å². The standard InChI is InChI=1S/C12H10ClN3OS/c1-8(17)15-9-2-4-10(5-3-9)18-11-6-7-14-12(13)16-11/h2-7H,1H3,(H,15,17). The molecule has 4 nitrogen and oxygen atoms in total. The van der Waals surface area contributed by atoms with Crippen LogP contribution in [0, 0.1) is 0 Å². The lowest BCUT2D eigenvalue weighted by molar-refractivity contribution is -0.114. The number of hydrogen-bond donors (Lipinski definition) is 1. The van der Waals surface area contributed by atoms with Crippen molar-refractivity contribution >= 4 is 35.0 Å². The van der Waals surface area contributed by atoms with Crippen molar-refractivity contribution < 1.29 is 4.79 Å². The Hall–Kier alpha value is -1.59. The van der Waals surface area contributed by atoms with Crippen molar-refractivity contribution in [2.24, 2.45) is 0 Å². The molecule has 0 bridgehead atoms. The summed E-state index contributed by atoms with van der Waals surface area (Å²) in [5.74, 6) is -0.0852. The summed E-state index contributed by atoms with van der Waals surface area (Å²) in [4.78, 5) is 19.8. The molecular weight excluding hydrogens is 270 g/mol. The van der Waals surface area contributed by atoms with Crippen LogP contribution in [0.25, 0.3) is 0 Å².